The molecule has 0 aliphatic carbocycles. The van der Waals surface area contributed by atoms with E-state index in [9.17, 15) is 14.4 Å². The molecule has 0 saturated carbocycles. The summed E-state index contributed by atoms with van der Waals surface area (Å²) in [5.41, 5.74) is 0.265. The number of phosphoric acid groups is 1. The quantitative estimate of drug-likeness (QED) is 0.444. The van der Waals surface area contributed by atoms with Crippen molar-refractivity contribution in [1.29, 1.82) is 0 Å². The van der Waals surface area contributed by atoms with Crippen LogP contribution in [0.15, 0.2) is 24.3 Å². The number of nitrogens with zero attached hydrogens (tertiary/aromatic N) is 1. The fourth-order valence-corrected chi connectivity index (χ4v) is 4.03. The first-order valence-corrected chi connectivity index (χ1v) is 8.39. The van der Waals surface area contributed by atoms with Gasteiger partial charge in [0, 0.05) is 0 Å². The average molecular weight is 424 g/mol. The molecular weight excluding hydrogens is 420 g/mol. The van der Waals surface area contributed by atoms with Crippen LogP contribution in [0.3, 0.4) is 0 Å². The molecule has 1 aromatic carbocycles. The zero-order chi connectivity index (χ0) is 10.9. The Morgan fingerprint density at radius 3 is 2.67 bits per heavy atom. The standard InChI is InChI=1S/C6H6NO6P.Pb/c8-7(9)5-1-3-6(4-2-5)13-14(10,11)12;/h1-4H,(H2,10,11,12);/q;+2/p-2. The summed E-state index contributed by atoms with van der Waals surface area (Å²) >= 11 is -2.44. The van der Waals surface area contributed by atoms with Gasteiger partial charge < -0.3 is 0 Å². The topological polar surface area (TPSA) is 87.9 Å². The predicted octanol–water partition coefficient (Wildman–Crippen LogP) is 0.440. The normalized spacial score (nSPS) is 25.5. The van der Waals surface area contributed by atoms with E-state index < -0.39 is 33.0 Å². The Morgan fingerprint density at radius 2 is 2.00 bits per heavy atom. The third-order valence-electron chi connectivity index (χ3n) is 1.53. The molecule has 0 spiro atoms. The minimum atomic E-state index is -4.38. The molecule has 7 nitrogen and oxygen atoms in total. The van der Waals surface area contributed by atoms with Gasteiger partial charge in [-0.25, -0.2) is 0 Å². The van der Waals surface area contributed by atoms with Crippen molar-refractivity contribution in [3.05, 3.63) is 29.2 Å². The number of hydrogen-bond donors (Lipinski definition) is 0. The first-order chi connectivity index (χ1) is 7.07. The summed E-state index contributed by atoms with van der Waals surface area (Å²) in [6, 6.07) is 5.49. The predicted molar refractivity (Wildman–Crippen MR) is 45.9 cm³/mol. The molecule has 0 amide bonds. The summed E-state index contributed by atoms with van der Waals surface area (Å²) in [6.45, 7) is 0. The summed E-state index contributed by atoms with van der Waals surface area (Å²) in [5, 5.41) is 0. The van der Waals surface area contributed by atoms with Crippen molar-refractivity contribution in [1.82, 2.24) is 0 Å². The van der Waals surface area contributed by atoms with Gasteiger partial charge in [-0.2, -0.15) is 0 Å². The van der Waals surface area contributed by atoms with E-state index in [0.717, 1.165) is 0 Å². The molecule has 9 heteroatoms. The van der Waals surface area contributed by atoms with Crippen LogP contribution in [0.4, 0.5) is 5.69 Å². The van der Waals surface area contributed by atoms with Crippen molar-refractivity contribution in [2.45, 2.75) is 0 Å². The number of hydrogen-bond acceptors (Lipinski definition) is 6. The molecule has 2 radical (unpaired) electrons. The molecule has 2 bridgehead atoms. The average Bonchev–Trinajstić information content (AvgIpc) is 2.17. The molecule has 0 fully saturated rings. The van der Waals surface area contributed by atoms with Crippen molar-refractivity contribution in [2.24, 2.45) is 0 Å². The first kappa shape index (κ1) is 11.0. The van der Waals surface area contributed by atoms with Crippen LogP contribution in [0.25, 0.3) is 0 Å². The molecule has 2 aliphatic rings. The molecular formula is C6H4NO6PPb. The number of rotatable bonds is 0. The summed E-state index contributed by atoms with van der Waals surface area (Å²) < 4.78 is 24.8. The Balaban J connectivity index is 2.39. The third kappa shape index (κ3) is 2.74. The van der Waals surface area contributed by atoms with Crippen molar-refractivity contribution in [3.63, 3.8) is 0 Å². The molecule has 78 valence electrons. The number of fused-ring (bicyclic) bond motifs is 7. The van der Waals surface area contributed by atoms with E-state index in [1.54, 1.807) is 0 Å². The number of phosphoric ester groups is 1. The second-order valence-corrected chi connectivity index (χ2v) is 7.30. The van der Waals surface area contributed by atoms with Crippen LogP contribution < -0.4 is 9.42 Å². The Bertz CT molecular complexity index is 434. The van der Waals surface area contributed by atoms with Gasteiger partial charge in [-0.05, 0) is 0 Å². The summed E-state index contributed by atoms with van der Waals surface area (Å²) in [6.07, 6.45) is 0. The van der Waals surface area contributed by atoms with Crippen LogP contribution in [-0.4, -0.2) is 30.1 Å². The molecule has 1 unspecified atom stereocenters. The zero-order valence-corrected chi connectivity index (χ0v) is 11.9. The van der Waals surface area contributed by atoms with E-state index in [4.69, 9.17) is 0 Å². The molecule has 2 aliphatic heterocycles. The van der Waals surface area contributed by atoms with Crippen LogP contribution in [-0.2, 0) is 9.83 Å². The zero-order valence-electron chi connectivity index (χ0n) is 7.15. The fraction of sp³-hybridized carbons (Fsp3) is 0. The molecule has 0 N–H and O–H groups in total. The van der Waals surface area contributed by atoms with Gasteiger partial charge in [-0.15, -0.1) is 0 Å². The van der Waals surface area contributed by atoms with E-state index in [1.807, 2.05) is 0 Å². The fourth-order valence-electron chi connectivity index (χ4n) is 0.925. The maximum atomic E-state index is 11.2. The molecule has 3 rings (SSSR count). The first-order valence-electron chi connectivity index (χ1n) is 3.75. The van der Waals surface area contributed by atoms with E-state index in [2.05, 4.69) is 9.79 Å². The molecule has 1 aromatic rings. The van der Waals surface area contributed by atoms with Crippen molar-refractivity contribution in [3.8, 4) is 5.75 Å². The van der Waals surface area contributed by atoms with E-state index in [-0.39, 0.29) is 16.4 Å². The van der Waals surface area contributed by atoms with E-state index in [1.165, 1.54) is 24.3 Å². The summed E-state index contributed by atoms with van der Waals surface area (Å²) in [4.78, 5) is 22.5. The molecule has 0 saturated heterocycles. The number of benzene rings is 1. The molecule has 15 heavy (non-hydrogen) atoms. The second-order valence-electron chi connectivity index (χ2n) is 2.56. The van der Waals surface area contributed by atoms with Crippen molar-refractivity contribution >= 4 is 38.7 Å². The van der Waals surface area contributed by atoms with Crippen LogP contribution in [0, 0.1) is 4.91 Å². The van der Waals surface area contributed by atoms with E-state index >= 15 is 0 Å². The van der Waals surface area contributed by atoms with Gasteiger partial charge >= 0.3 is 97.7 Å². The Labute approximate surface area is 97.6 Å². The summed E-state index contributed by atoms with van der Waals surface area (Å²) in [5.74, 6) is 0.107. The maximum absolute atomic E-state index is 11.2. The Kier molecular flexibility index (Phi) is 3.05. The van der Waals surface area contributed by atoms with Crippen LogP contribution >= 0.6 is 7.82 Å². The van der Waals surface area contributed by atoms with Gasteiger partial charge in [0.1, 0.15) is 0 Å². The molecule has 1 atom stereocenters. The Morgan fingerprint density at radius 1 is 1.33 bits per heavy atom. The molecule has 0 aromatic heterocycles. The van der Waals surface area contributed by atoms with Crippen LogP contribution in [0.2, 0.25) is 0 Å². The summed E-state index contributed by atoms with van der Waals surface area (Å²) in [7, 11) is -4.38. The van der Waals surface area contributed by atoms with Gasteiger partial charge in [0.05, 0.1) is 0 Å². The van der Waals surface area contributed by atoms with Gasteiger partial charge in [0.2, 0.25) is 0 Å². The van der Waals surface area contributed by atoms with Crippen molar-refractivity contribution in [2.75, 3.05) is 0 Å². The van der Waals surface area contributed by atoms with Gasteiger partial charge in [-0.3, -0.25) is 0 Å². The van der Waals surface area contributed by atoms with Gasteiger partial charge in [0.25, 0.3) is 0 Å². The third-order valence-corrected chi connectivity index (χ3v) is 6.68. The monoisotopic (exact) mass is 425 g/mol. The van der Waals surface area contributed by atoms with Gasteiger partial charge in [0.15, 0.2) is 0 Å². The Hall–Kier alpha value is -0.508. The van der Waals surface area contributed by atoms with Crippen molar-refractivity contribution < 1.29 is 24.2 Å². The minimum absolute atomic E-state index is 0.107. The van der Waals surface area contributed by atoms with E-state index in [0.29, 0.717) is 0 Å². The SMILES string of the molecule is O=[N+]1[O][Pb][O]P(=O)([O-])Oc2ccc1cc2. The van der Waals surface area contributed by atoms with Crippen LogP contribution in [0.1, 0.15) is 0 Å². The second kappa shape index (κ2) is 4.16. The van der Waals surface area contributed by atoms with Gasteiger partial charge in [-0.1, -0.05) is 0 Å². The molecule has 2 heterocycles. The van der Waals surface area contributed by atoms with Crippen LogP contribution in [0.5, 0.6) is 5.75 Å².